The van der Waals surface area contributed by atoms with Crippen molar-refractivity contribution in [2.24, 2.45) is 11.3 Å². The number of hydrogen-bond donors (Lipinski definition) is 0. The third-order valence-corrected chi connectivity index (χ3v) is 21.1. The first-order valence-corrected chi connectivity index (χ1v) is 28.1. The molecule has 1 unspecified atom stereocenters. The van der Waals surface area contributed by atoms with Crippen molar-refractivity contribution in [1.82, 2.24) is 0 Å². The van der Waals surface area contributed by atoms with Crippen molar-refractivity contribution in [3.8, 4) is 0 Å². The molecule has 53 heavy (non-hydrogen) atoms. The molecule has 0 bridgehead atoms. The Hall–Kier alpha value is -0.906. The van der Waals surface area contributed by atoms with Gasteiger partial charge in [0.05, 0.1) is 25.9 Å². The first kappa shape index (κ1) is 50.1. The van der Waals surface area contributed by atoms with Gasteiger partial charge in [0.25, 0.3) is 8.32 Å². The van der Waals surface area contributed by atoms with Gasteiger partial charge in [-0.05, 0) is 87.1 Å². The molecule has 0 radical (unpaired) electrons. The van der Waals surface area contributed by atoms with Crippen LogP contribution < -0.4 is 0 Å². The Balaban J connectivity index is 3.47. The van der Waals surface area contributed by atoms with Crippen LogP contribution in [0.2, 0.25) is 36.3 Å². The predicted octanol–water partition coefficient (Wildman–Crippen LogP) is 14.0. The summed E-state index contributed by atoms with van der Waals surface area (Å²) in [5.74, 6) is 1.95. The van der Waals surface area contributed by atoms with Gasteiger partial charge in [-0.3, -0.25) is 13.8 Å². The summed E-state index contributed by atoms with van der Waals surface area (Å²) in [6.45, 7) is 29.9. The maximum absolute atomic E-state index is 13.5. The lowest BCUT2D eigenvalue weighted by Gasteiger charge is -2.39. The maximum atomic E-state index is 13.5. The fourth-order valence-corrected chi connectivity index (χ4v) is 14.2. The molecule has 0 saturated heterocycles. The average Bonchev–Trinajstić information content (AvgIpc) is 3.45. The number of unbranched alkanes of at least 4 members (excludes halogenated alkanes) is 5. The zero-order valence-electron chi connectivity index (χ0n) is 36.7. The average molecular weight is 803 g/mol. The van der Waals surface area contributed by atoms with Gasteiger partial charge in [0.1, 0.15) is 11.5 Å². The smallest absolute Gasteiger partial charge is 0.529 e. The van der Waals surface area contributed by atoms with E-state index >= 15 is 0 Å². The van der Waals surface area contributed by atoms with Gasteiger partial charge in [0.2, 0.25) is 0 Å². The molecule has 0 spiro atoms. The molecule has 0 saturated carbocycles. The second-order valence-corrected chi connectivity index (χ2v) is 28.3. The minimum absolute atomic E-state index is 0.0418. The van der Waals surface area contributed by atoms with Crippen LogP contribution in [-0.4, -0.2) is 48.5 Å². The molecule has 8 nitrogen and oxygen atoms in total. The zero-order chi connectivity index (χ0) is 40.2. The normalized spacial score (nSPS) is 16.9. The highest BCUT2D eigenvalue weighted by molar-refractivity contribution is 7.48. The van der Waals surface area contributed by atoms with Gasteiger partial charge in [-0.2, -0.15) is 0 Å². The van der Waals surface area contributed by atoms with E-state index in [0.717, 1.165) is 81.7 Å². The summed E-state index contributed by atoms with van der Waals surface area (Å²) in [6.07, 6.45) is 18.1. The van der Waals surface area contributed by atoms with E-state index in [-0.39, 0.29) is 35.7 Å². The molecule has 3 atom stereocenters. The Bertz CT molecular complexity index is 1130. The molecule has 0 amide bonds. The lowest BCUT2D eigenvalue weighted by Crippen LogP contribution is -2.44. The lowest BCUT2D eigenvalue weighted by atomic mass is 9.97. The summed E-state index contributed by atoms with van der Waals surface area (Å²) < 4.78 is 50.5. The van der Waals surface area contributed by atoms with Crippen molar-refractivity contribution >= 4 is 30.4 Å². The van der Waals surface area contributed by atoms with Gasteiger partial charge in [-0.1, -0.05) is 119 Å². The molecule has 0 fully saturated rings. The molecule has 1 rings (SSSR count). The third kappa shape index (κ3) is 20.7. The summed E-state index contributed by atoms with van der Waals surface area (Å²) in [5.41, 5.74) is 0.0418. The standard InChI is InChI=1S/C42H83O8PSi2/c1-14-18-26-36(5)34-37(49-52(12,13)42(9,10)11)27-25-33-53(35-41(6,7)8,32-23-21-20-22-30-40(43)45-31-19-15-2)50-39-29-24-28-38(39)48-51(44,46-16-3)47-17-4/h25,27,36-37H,14-24,26,28-35H2,1-13H3/b27-25+/t36-,37+,53?/m0/s1. The predicted molar refractivity (Wildman–Crippen MR) is 227 cm³/mol. The Morgan fingerprint density at radius 3 is 2.08 bits per heavy atom. The highest BCUT2D eigenvalue weighted by Gasteiger charge is 2.43. The van der Waals surface area contributed by atoms with Crippen LogP contribution in [0, 0.1) is 11.3 Å². The van der Waals surface area contributed by atoms with Gasteiger partial charge in [0, 0.05) is 19.3 Å². The molecule has 1 aliphatic carbocycles. The topological polar surface area (TPSA) is 89.5 Å². The van der Waals surface area contributed by atoms with Crippen LogP contribution >= 0.6 is 7.82 Å². The maximum Gasteiger partial charge on any atom is 0.529 e. The van der Waals surface area contributed by atoms with E-state index in [9.17, 15) is 9.36 Å². The van der Waals surface area contributed by atoms with E-state index in [1.54, 1.807) is 13.8 Å². The Labute approximate surface area is 329 Å². The second kappa shape index (κ2) is 24.7. The number of carbonyl (C=O) groups excluding carboxylic acids is 1. The van der Waals surface area contributed by atoms with Crippen LogP contribution in [0.3, 0.4) is 0 Å². The summed E-state index contributed by atoms with van der Waals surface area (Å²) in [5, 5.41) is 0.125. The van der Waals surface area contributed by atoms with E-state index in [1.165, 1.54) is 19.3 Å². The summed E-state index contributed by atoms with van der Waals surface area (Å²) in [4.78, 5) is 12.2. The largest absolute Gasteiger partial charge is 0.544 e. The molecule has 0 aromatic heterocycles. The van der Waals surface area contributed by atoms with Crippen molar-refractivity contribution in [3.63, 3.8) is 0 Å². The molecule has 0 aliphatic heterocycles. The van der Waals surface area contributed by atoms with Crippen LogP contribution in [0.15, 0.2) is 23.7 Å². The van der Waals surface area contributed by atoms with Gasteiger partial charge < -0.3 is 18.1 Å². The van der Waals surface area contributed by atoms with E-state index in [4.69, 9.17) is 27.2 Å². The zero-order valence-corrected chi connectivity index (χ0v) is 39.6. The van der Waals surface area contributed by atoms with Crippen molar-refractivity contribution in [3.05, 3.63) is 23.7 Å². The summed E-state index contributed by atoms with van der Waals surface area (Å²) in [6, 6.07) is 2.82. The van der Waals surface area contributed by atoms with E-state index in [0.29, 0.717) is 31.1 Å². The summed E-state index contributed by atoms with van der Waals surface area (Å²) >= 11 is 0. The molecule has 312 valence electrons. The molecule has 0 aromatic carbocycles. The minimum atomic E-state index is -3.74. The lowest BCUT2D eigenvalue weighted by molar-refractivity contribution is -0.143. The van der Waals surface area contributed by atoms with Crippen molar-refractivity contribution < 1.29 is 36.5 Å². The minimum Gasteiger partial charge on any atom is -0.544 e. The fourth-order valence-electron chi connectivity index (χ4n) is 6.75. The van der Waals surface area contributed by atoms with Gasteiger partial charge in [-0.25, -0.2) is 4.57 Å². The molecule has 0 heterocycles. The van der Waals surface area contributed by atoms with Crippen molar-refractivity contribution in [1.29, 1.82) is 0 Å². The Morgan fingerprint density at radius 1 is 0.868 bits per heavy atom. The number of carbonyl (C=O) groups is 1. The first-order chi connectivity index (χ1) is 24.7. The number of ether oxygens (including phenoxy) is 1. The Kier molecular flexibility index (Phi) is 23.3. The third-order valence-electron chi connectivity index (χ3n) is 10.4. The van der Waals surface area contributed by atoms with Gasteiger partial charge in [-0.15, -0.1) is 0 Å². The van der Waals surface area contributed by atoms with Crippen LogP contribution in [0.4, 0.5) is 0 Å². The SMILES string of the molecule is CCCCOC(=O)CCCCCC[Si](C/C=C/[C@H](C[C@@H](C)CCCC)O[Si](C)(C)C(C)(C)C)(CC(C)(C)C)OC1=C(OP(=O)(OCC)OCC)CCC1. The quantitative estimate of drug-likeness (QED) is 0.0243. The number of phosphoric acid groups is 1. The van der Waals surface area contributed by atoms with Crippen LogP contribution in [0.1, 0.15) is 166 Å². The highest BCUT2D eigenvalue weighted by atomic mass is 31.2. The van der Waals surface area contributed by atoms with Crippen LogP contribution in [0.5, 0.6) is 0 Å². The number of esters is 1. The molecule has 1 aliphatic rings. The first-order valence-electron chi connectivity index (χ1n) is 21.2. The number of hydrogen-bond acceptors (Lipinski definition) is 8. The van der Waals surface area contributed by atoms with Crippen LogP contribution in [0.25, 0.3) is 0 Å². The molecular formula is C42H83O8PSi2. The molecule has 0 N–H and O–H groups in total. The van der Waals surface area contributed by atoms with E-state index in [1.807, 2.05) is 0 Å². The van der Waals surface area contributed by atoms with Crippen molar-refractivity contribution in [2.45, 2.75) is 208 Å². The number of allylic oxidation sites excluding steroid dienone is 3. The van der Waals surface area contributed by atoms with E-state index < -0.39 is 24.5 Å². The number of rotatable bonds is 29. The monoisotopic (exact) mass is 803 g/mol. The van der Waals surface area contributed by atoms with Crippen molar-refractivity contribution in [2.75, 3.05) is 19.8 Å². The fraction of sp³-hybridized carbons (Fsp3) is 0.881. The van der Waals surface area contributed by atoms with Gasteiger partial charge in [0.15, 0.2) is 8.32 Å². The Morgan fingerprint density at radius 2 is 1.49 bits per heavy atom. The molecular weight excluding hydrogens is 720 g/mol. The number of phosphoric ester groups is 1. The van der Waals surface area contributed by atoms with Gasteiger partial charge >= 0.3 is 13.8 Å². The van der Waals surface area contributed by atoms with E-state index in [2.05, 4.69) is 87.6 Å². The van der Waals surface area contributed by atoms with Crippen LogP contribution in [-0.2, 0) is 36.5 Å². The highest BCUT2D eigenvalue weighted by Crippen LogP contribution is 2.54. The molecule has 11 heteroatoms. The molecule has 0 aromatic rings. The summed E-state index contributed by atoms with van der Waals surface area (Å²) in [7, 11) is -8.26. The second-order valence-electron chi connectivity index (χ2n) is 18.1.